The number of methoxy groups -OCH3 is 1. The number of hydrogen-bond acceptors (Lipinski definition) is 8. The summed E-state index contributed by atoms with van der Waals surface area (Å²) in [6.45, 7) is 4.58. The molecule has 2 heterocycles. The molecule has 1 amide bonds. The average molecular weight is 382 g/mol. The van der Waals surface area contributed by atoms with Crippen LogP contribution in [-0.4, -0.2) is 67.1 Å². The number of carbonyl (C=O) groups excluding carboxylic acids is 2. The number of carbonyl (C=O) groups is 2. The summed E-state index contributed by atoms with van der Waals surface area (Å²) in [5.74, 6) is -1.65. The summed E-state index contributed by atoms with van der Waals surface area (Å²) in [7, 11) is 1.36. The Morgan fingerprint density at radius 3 is 2.93 bits per heavy atom. The van der Waals surface area contributed by atoms with Gasteiger partial charge in [-0.05, 0) is 13.3 Å². The van der Waals surface area contributed by atoms with Gasteiger partial charge in [-0.25, -0.2) is 9.78 Å². The molecule has 9 nitrogen and oxygen atoms in total. The number of rotatable bonds is 6. The maximum absolute atomic E-state index is 12.4. The Labute approximate surface area is 158 Å². The van der Waals surface area contributed by atoms with Crippen LogP contribution in [0.15, 0.2) is 12.3 Å². The highest BCUT2D eigenvalue weighted by Gasteiger charge is 2.30. The molecule has 150 valence electrons. The standard InChI is InChI=1S/C18H26N2O7/c1-4-7-26-12-8-11(2)27-18(23)13(10-25-9-12)20-17(22)15-16(21)14(24-3)5-6-19-15/h5-6,11-13,21H,4,7-10H2,1-3H3,(H,20,22)/t11-,12+,13-/m0/s1. The van der Waals surface area contributed by atoms with Crippen LogP contribution < -0.4 is 10.1 Å². The van der Waals surface area contributed by atoms with E-state index in [9.17, 15) is 14.7 Å². The molecule has 0 bridgehead atoms. The van der Waals surface area contributed by atoms with Gasteiger partial charge in [0.15, 0.2) is 23.2 Å². The van der Waals surface area contributed by atoms with Crippen LogP contribution in [0.1, 0.15) is 37.2 Å². The maximum Gasteiger partial charge on any atom is 0.331 e. The van der Waals surface area contributed by atoms with Crippen LogP contribution in [0, 0.1) is 0 Å². The Morgan fingerprint density at radius 1 is 1.44 bits per heavy atom. The highest BCUT2D eigenvalue weighted by Crippen LogP contribution is 2.27. The highest BCUT2D eigenvalue weighted by molar-refractivity contribution is 5.98. The topological polar surface area (TPSA) is 116 Å². The van der Waals surface area contributed by atoms with E-state index < -0.39 is 23.7 Å². The van der Waals surface area contributed by atoms with Crippen LogP contribution in [-0.2, 0) is 19.0 Å². The molecular weight excluding hydrogens is 356 g/mol. The Balaban J connectivity index is 2.06. The monoisotopic (exact) mass is 382 g/mol. The molecule has 0 unspecified atom stereocenters. The molecule has 2 rings (SSSR count). The zero-order valence-electron chi connectivity index (χ0n) is 15.8. The van der Waals surface area contributed by atoms with Gasteiger partial charge in [0.1, 0.15) is 6.10 Å². The van der Waals surface area contributed by atoms with E-state index in [4.69, 9.17) is 18.9 Å². The predicted octanol–water partition coefficient (Wildman–Crippen LogP) is 1.04. The Kier molecular flexibility index (Phi) is 7.81. The molecule has 3 atom stereocenters. The molecule has 1 fully saturated rings. The second-order valence-corrected chi connectivity index (χ2v) is 6.25. The van der Waals surface area contributed by atoms with Crippen molar-refractivity contribution in [3.8, 4) is 11.5 Å². The number of aromatic nitrogens is 1. The normalized spacial score (nSPS) is 23.5. The molecule has 0 aromatic carbocycles. The average Bonchev–Trinajstić information content (AvgIpc) is 2.70. The maximum atomic E-state index is 12.4. The van der Waals surface area contributed by atoms with Gasteiger partial charge in [-0.15, -0.1) is 0 Å². The lowest BCUT2D eigenvalue weighted by atomic mass is 10.2. The summed E-state index contributed by atoms with van der Waals surface area (Å²) in [5.41, 5.74) is -0.251. The van der Waals surface area contributed by atoms with Crippen LogP contribution in [0.2, 0.25) is 0 Å². The molecule has 0 radical (unpaired) electrons. The lowest BCUT2D eigenvalue weighted by Gasteiger charge is -2.20. The van der Waals surface area contributed by atoms with Crippen LogP contribution in [0.5, 0.6) is 11.5 Å². The largest absolute Gasteiger partial charge is 0.503 e. The van der Waals surface area contributed by atoms with Crippen molar-refractivity contribution in [1.82, 2.24) is 10.3 Å². The fourth-order valence-corrected chi connectivity index (χ4v) is 2.65. The van der Waals surface area contributed by atoms with Crippen molar-refractivity contribution < 1.29 is 33.6 Å². The minimum absolute atomic E-state index is 0.0754. The highest BCUT2D eigenvalue weighted by atomic mass is 16.6. The van der Waals surface area contributed by atoms with Crippen molar-refractivity contribution in [2.24, 2.45) is 0 Å². The lowest BCUT2D eigenvalue weighted by molar-refractivity contribution is -0.151. The van der Waals surface area contributed by atoms with Gasteiger partial charge in [0.2, 0.25) is 0 Å². The molecule has 0 aliphatic carbocycles. The van der Waals surface area contributed by atoms with Gasteiger partial charge < -0.3 is 29.4 Å². The smallest absolute Gasteiger partial charge is 0.331 e. The molecular formula is C18H26N2O7. The predicted molar refractivity (Wildman–Crippen MR) is 94.7 cm³/mol. The number of ether oxygens (including phenoxy) is 4. The minimum atomic E-state index is -1.03. The molecule has 27 heavy (non-hydrogen) atoms. The molecule has 2 N–H and O–H groups in total. The molecule has 0 saturated carbocycles. The van der Waals surface area contributed by atoms with Gasteiger partial charge >= 0.3 is 5.97 Å². The summed E-state index contributed by atoms with van der Waals surface area (Å²) in [6, 6.07) is 0.388. The van der Waals surface area contributed by atoms with Gasteiger partial charge in [0, 0.05) is 25.3 Å². The van der Waals surface area contributed by atoms with Crippen LogP contribution in [0.4, 0.5) is 0 Å². The number of esters is 1. The molecule has 1 saturated heterocycles. The zero-order chi connectivity index (χ0) is 19.8. The summed E-state index contributed by atoms with van der Waals surface area (Å²) in [4.78, 5) is 28.6. The summed E-state index contributed by atoms with van der Waals surface area (Å²) < 4.78 is 21.6. The third-order valence-electron chi connectivity index (χ3n) is 3.97. The molecule has 1 aliphatic heterocycles. The van der Waals surface area contributed by atoms with Crippen molar-refractivity contribution in [3.63, 3.8) is 0 Å². The number of amides is 1. The quantitative estimate of drug-likeness (QED) is 0.701. The van der Waals surface area contributed by atoms with Crippen molar-refractivity contribution in [3.05, 3.63) is 18.0 Å². The molecule has 1 aliphatic rings. The van der Waals surface area contributed by atoms with Gasteiger partial charge in [-0.2, -0.15) is 0 Å². The van der Waals surface area contributed by atoms with E-state index in [1.54, 1.807) is 6.92 Å². The first kappa shape index (κ1) is 20.9. The van der Waals surface area contributed by atoms with E-state index >= 15 is 0 Å². The van der Waals surface area contributed by atoms with Crippen LogP contribution >= 0.6 is 0 Å². The van der Waals surface area contributed by atoms with E-state index in [0.29, 0.717) is 13.0 Å². The number of cyclic esters (lactones) is 1. The Morgan fingerprint density at radius 2 is 2.22 bits per heavy atom. The molecule has 9 heteroatoms. The fraction of sp³-hybridized carbons (Fsp3) is 0.611. The zero-order valence-corrected chi connectivity index (χ0v) is 15.8. The Bertz CT molecular complexity index is 653. The SMILES string of the molecule is CCCO[C@H]1COC[C@H](NC(=O)c2nccc(OC)c2O)C(=O)O[C@@H](C)C1. The van der Waals surface area contributed by atoms with E-state index in [0.717, 1.165) is 6.42 Å². The molecule has 1 aromatic heterocycles. The van der Waals surface area contributed by atoms with Crippen molar-refractivity contribution >= 4 is 11.9 Å². The summed E-state index contributed by atoms with van der Waals surface area (Å²) in [5, 5.41) is 12.5. The van der Waals surface area contributed by atoms with Crippen molar-refractivity contribution in [2.45, 2.75) is 44.9 Å². The third kappa shape index (κ3) is 5.80. The second-order valence-electron chi connectivity index (χ2n) is 6.25. The summed E-state index contributed by atoms with van der Waals surface area (Å²) >= 11 is 0. The second kappa shape index (κ2) is 10.1. The fourth-order valence-electron chi connectivity index (χ4n) is 2.65. The first-order valence-corrected chi connectivity index (χ1v) is 8.88. The lowest BCUT2D eigenvalue weighted by Crippen LogP contribution is -2.45. The number of nitrogens with zero attached hydrogens (tertiary/aromatic N) is 1. The van der Waals surface area contributed by atoms with Gasteiger partial charge in [-0.3, -0.25) is 4.79 Å². The van der Waals surface area contributed by atoms with Gasteiger partial charge in [0.05, 0.1) is 26.4 Å². The van der Waals surface area contributed by atoms with Crippen LogP contribution in [0.25, 0.3) is 0 Å². The summed E-state index contributed by atoms with van der Waals surface area (Å²) in [6.07, 6.45) is 2.13. The van der Waals surface area contributed by atoms with Gasteiger partial charge in [-0.1, -0.05) is 6.92 Å². The Hall–Kier alpha value is -2.39. The van der Waals surface area contributed by atoms with Gasteiger partial charge in [0.25, 0.3) is 5.91 Å². The first-order chi connectivity index (χ1) is 13.0. The van der Waals surface area contributed by atoms with E-state index in [-0.39, 0.29) is 36.9 Å². The van der Waals surface area contributed by atoms with E-state index in [2.05, 4.69) is 10.3 Å². The number of pyridine rings is 1. The van der Waals surface area contributed by atoms with Crippen molar-refractivity contribution in [1.29, 1.82) is 0 Å². The number of nitrogens with one attached hydrogen (secondary N) is 1. The third-order valence-corrected chi connectivity index (χ3v) is 3.97. The molecule has 0 spiro atoms. The van der Waals surface area contributed by atoms with Crippen molar-refractivity contribution in [2.75, 3.05) is 26.9 Å². The number of aromatic hydroxyl groups is 1. The van der Waals surface area contributed by atoms with Crippen LogP contribution in [0.3, 0.4) is 0 Å². The first-order valence-electron chi connectivity index (χ1n) is 8.88. The van der Waals surface area contributed by atoms with E-state index in [1.165, 1.54) is 19.4 Å². The van der Waals surface area contributed by atoms with E-state index in [1.807, 2.05) is 6.92 Å². The minimum Gasteiger partial charge on any atom is -0.503 e. The number of hydrogen-bond donors (Lipinski definition) is 2. The molecule has 1 aromatic rings.